The van der Waals surface area contributed by atoms with Crippen molar-refractivity contribution in [2.75, 3.05) is 4.90 Å². The van der Waals surface area contributed by atoms with Gasteiger partial charge in [0.25, 0.3) is 0 Å². The van der Waals surface area contributed by atoms with Crippen LogP contribution in [-0.2, 0) is 16.4 Å². The van der Waals surface area contributed by atoms with Crippen LogP contribution in [0.5, 0.6) is 0 Å². The first kappa shape index (κ1) is 27.9. The molecule has 1 amide bonds. The topological polar surface area (TPSA) is 110 Å². The first-order chi connectivity index (χ1) is 18.1. The summed E-state index contributed by atoms with van der Waals surface area (Å²) in [7, 11) is 0. The fraction of sp³-hybridized carbons (Fsp3) is 0.571. The Balaban J connectivity index is 1.58. The number of hydrogen-bond acceptors (Lipinski definition) is 7. The quantitative estimate of drug-likeness (QED) is 0.350. The molecule has 2 N–H and O–H groups in total. The molecule has 1 atom stereocenters. The van der Waals surface area contributed by atoms with Crippen molar-refractivity contribution < 1.29 is 19.5 Å². The Morgan fingerprint density at radius 2 is 2.03 bits per heavy atom. The number of carbonyl (C=O) groups excluding carboxylic acids is 1. The minimum Gasteiger partial charge on any atom is -0.477 e. The molecule has 2 heterocycles. The SMILES string of the molecule is CC1CCC(C(=O)N(c2cc(C#CC(C)(C)C)sc2C(=O)O)[C@H]2CC=C(NOCn3cncn3)CC2)CC1. The van der Waals surface area contributed by atoms with E-state index < -0.39 is 5.97 Å². The molecule has 38 heavy (non-hydrogen) atoms. The molecule has 0 spiro atoms. The summed E-state index contributed by atoms with van der Waals surface area (Å²) in [4.78, 5) is 38.4. The summed E-state index contributed by atoms with van der Waals surface area (Å²) >= 11 is 1.15. The molecule has 2 aliphatic carbocycles. The second-order valence-corrected chi connectivity index (χ2v) is 12.3. The average Bonchev–Trinajstić information content (AvgIpc) is 3.54. The number of anilines is 1. The highest BCUT2D eigenvalue weighted by Gasteiger charge is 2.36. The summed E-state index contributed by atoms with van der Waals surface area (Å²) in [5.41, 5.74) is 4.17. The second kappa shape index (κ2) is 12.1. The zero-order chi connectivity index (χ0) is 27.3. The smallest absolute Gasteiger partial charge is 0.348 e. The Kier molecular flexibility index (Phi) is 8.90. The minimum absolute atomic E-state index is 0.0322. The monoisotopic (exact) mass is 539 g/mol. The Hall–Kier alpha value is -3.16. The zero-order valence-electron chi connectivity index (χ0n) is 22.6. The number of nitrogens with zero attached hydrogens (tertiary/aromatic N) is 4. The molecule has 4 rings (SSSR count). The van der Waals surface area contributed by atoms with Gasteiger partial charge in [0, 0.05) is 23.1 Å². The predicted octanol–water partition coefficient (Wildman–Crippen LogP) is 5.21. The lowest BCUT2D eigenvalue weighted by molar-refractivity contribution is -0.124. The number of rotatable bonds is 8. The number of aromatic nitrogens is 3. The summed E-state index contributed by atoms with van der Waals surface area (Å²) in [6.07, 6.45) is 10.7. The molecule has 2 aromatic rings. The van der Waals surface area contributed by atoms with Gasteiger partial charge in [-0.25, -0.2) is 14.5 Å². The second-order valence-electron chi connectivity index (χ2n) is 11.3. The lowest BCUT2D eigenvalue weighted by atomic mass is 9.81. The van der Waals surface area contributed by atoms with Gasteiger partial charge in [-0.05, 0) is 77.7 Å². The lowest BCUT2D eigenvalue weighted by Crippen LogP contribution is -2.46. The summed E-state index contributed by atoms with van der Waals surface area (Å²) in [5.74, 6) is 5.86. The van der Waals surface area contributed by atoms with Crippen LogP contribution in [0.4, 0.5) is 5.69 Å². The first-order valence-corrected chi connectivity index (χ1v) is 14.0. The highest BCUT2D eigenvalue weighted by Crippen LogP contribution is 2.38. The van der Waals surface area contributed by atoms with Crippen LogP contribution in [0, 0.1) is 29.1 Å². The predicted molar refractivity (Wildman–Crippen MR) is 146 cm³/mol. The third kappa shape index (κ3) is 7.23. The van der Waals surface area contributed by atoms with Gasteiger partial charge in [0.2, 0.25) is 5.91 Å². The van der Waals surface area contributed by atoms with E-state index in [1.165, 1.54) is 6.33 Å². The van der Waals surface area contributed by atoms with Crippen molar-refractivity contribution >= 4 is 28.9 Å². The number of nitrogens with one attached hydrogen (secondary N) is 1. The van der Waals surface area contributed by atoms with Crippen LogP contribution in [0.15, 0.2) is 30.5 Å². The highest BCUT2D eigenvalue weighted by molar-refractivity contribution is 7.15. The van der Waals surface area contributed by atoms with E-state index in [1.807, 2.05) is 26.8 Å². The van der Waals surface area contributed by atoms with Crippen LogP contribution in [-0.4, -0.2) is 37.8 Å². The van der Waals surface area contributed by atoms with Gasteiger partial charge in [-0.1, -0.05) is 24.8 Å². The van der Waals surface area contributed by atoms with E-state index in [4.69, 9.17) is 4.84 Å². The molecule has 0 aromatic carbocycles. The van der Waals surface area contributed by atoms with Gasteiger partial charge < -0.3 is 10.0 Å². The normalized spacial score (nSPS) is 21.7. The van der Waals surface area contributed by atoms with Crippen molar-refractivity contribution in [2.24, 2.45) is 17.3 Å². The molecule has 0 saturated heterocycles. The molecule has 9 nitrogen and oxygen atoms in total. The number of carbonyl (C=O) groups is 2. The van der Waals surface area contributed by atoms with E-state index in [9.17, 15) is 14.7 Å². The van der Waals surface area contributed by atoms with Crippen LogP contribution < -0.4 is 10.4 Å². The van der Waals surface area contributed by atoms with E-state index in [-0.39, 0.29) is 34.9 Å². The number of allylic oxidation sites excluding steroid dienone is 1. The highest BCUT2D eigenvalue weighted by atomic mass is 32.1. The maximum atomic E-state index is 14.0. The number of hydroxylamine groups is 1. The number of carboxylic acids is 1. The summed E-state index contributed by atoms with van der Waals surface area (Å²) < 4.78 is 1.56. The summed E-state index contributed by atoms with van der Waals surface area (Å²) in [6.45, 7) is 8.50. The minimum atomic E-state index is -1.03. The van der Waals surface area contributed by atoms with Gasteiger partial charge in [-0.15, -0.1) is 11.3 Å². The van der Waals surface area contributed by atoms with Gasteiger partial charge in [0.15, 0.2) is 6.73 Å². The molecule has 0 unspecified atom stereocenters. The number of hydrogen-bond donors (Lipinski definition) is 2. The summed E-state index contributed by atoms with van der Waals surface area (Å²) in [6, 6.07) is 1.66. The van der Waals surface area contributed by atoms with Crippen LogP contribution in [0.25, 0.3) is 0 Å². The van der Waals surface area contributed by atoms with Crippen LogP contribution in [0.1, 0.15) is 87.2 Å². The van der Waals surface area contributed by atoms with E-state index in [1.54, 1.807) is 22.0 Å². The molecule has 10 heteroatoms. The van der Waals surface area contributed by atoms with Crippen molar-refractivity contribution in [1.82, 2.24) is 20.2 Å². The number of thiophene rings is 1. The largest absolute Gasteiger partial charge is 0.477 e. The Bertz CT molecular complexity index is 1210. The molecule has 1 saturated carbocycles. The first-order valence-electron chi connectivity index (χ1n) is 13.2. The van der Waals surface area contributed by atoms with Crippen molar-refractivity contribution in [2.45, 2.75) is 85.4 Å². The Labute approximate surface area is 228 Å². The fourth-order valence-corrected chi connectivity index (χ4v) is 5.70. The third-order valence-corrected chi connectivity index (χ3v) is 7.97. The molecule has 2 aromatic heterocycles. The molecule has 0 aliphatic heterocycles. The van der Waals surface area contributed by atoms with Crippen LogP contribution >= 0.6 is 11.3 Å². The lowest BCUT2D eigenvalue weighted by Gasteiger charge is -2.37. The van der Waals surface area contributed by atoms with E-state index in [0.29, 0.717) is 35.7 Å². The number of aromatic carboxylic acids is 1. The van der Waals surface area contributed by atoms with Gasteiger partial charge in [-0.2, -0.15) is 5.10 Å². The molecule has 0 bridgehead atoms. The van der Waals surface area contributed by atoms with Gasteiger partial charge in [0.1, 0.15) is 17.5 Å². The van der Waals surface area contributed by atoms with Crippen molar-refractivity contribution in [1.29, 1.82) is 0 Å². The zero-order valence-corrected chi connectivity index (χ0v) is 23.4. The molecular formula is C28H37N5O4S. The van der Waals surface area contributed by atoms with Gasteiger partial charge in [0.05, 0.1) is 10.6 Å². The van der Waals surface area contributed by atoms with Gasteiger partial charge >= 0.3 is 5.97 Å². The van der Waals surface area contributed by atoms with E-state index in [2.05, 4.69) is 34.3 Å². The maximum Gasteiger partial charge on any atom is 0.348 e. The molecule has 204 valence electrons. The van der Waals surface area contributed by atoms with Crippen molar-refractivity contribution in [3.8, 4) is 11.8 Å². The van der Waals surface area contributed by atoms with E-state index >= 15 is 0 Å². The maximum absolute atomic E-state index is 14.0. The van der Waals surface area contributed by atoms with Crippen LogP contribution in [0.2, 0.25) is 0 Å². The Morgan fingerprint density at radius 3 is 2.63 bits per heavy atom. The van der Waals surface area contributed by atoms with Crippen LogP contribution in [0.3, 0.4) is 0 Å². The average molecular weight is 540 g/mol. The number of carboxylic acid groups (broad SMARTS) is 1. The number of amides is 1. The van der Waals surface area contributed by atoms with Crippen molar-refractivity contribution in [3.63, 3.8) is 0 Å². The van der Waals surface area contributed by atoms with E-state index in [0.717, 1.165) is 42.7 Å². The fourth-order valence-electron chi connectivity index (χ4n) is 4.86. The standard InChI is InChI=1S/C28H37N5O4S/c1-19-5-7-20(8-6-19)26(34)33(24-15-23(13-14-28(2,3)4)38-25(24)27(35)36)22-11-9-21(10-12-22)31-37-18-32-17-29-16-30-32/h9,15-17,19-20,22,31H,5-8,10-12,18H2,1-4H3,(H,35,36)/t19?,20?,22-/m0/s1. The van der Waals surface area contributed by atoms with Gasteiger partial charge in [-0.3, -0.25) is 15.1 Å². The Morgan fingerprint density at radius 1 is 1.26 bits per heavy atom. The molecule has 2 aliphatic rings. The summed E-state index contributed by atoms with van der Waals surface area (Å²) in [5, 5.41) is 14.1. The molecular weight excluding hydrogens is 502 g/mol. The van der Waals surface area contributed by atoms with Crippen molar-refractivity contribution in [3.05, 3.63) is 40.2 Å². The third-order valence-electron chi connectivity index (χ3n) is 6.94. The molecule has 0 radical (unpaired) electrons. The molecule has 1 fully saturated rings.